The SMILES string of the molecule is O=C1CCC(=O)N1CCCC(c1ccccc1)c1ccccc1. The van der Waals surface area contributed by atoms with E-state index in [-0.39, 0.29) is 11.8 Å². The molecular weight excluding hydrogens is 286 g/mol. The van der Waals surface area contributed by atoms with E-state index in [4.69, 9.17) is 0 Å². The van der Waals surface area contributed by atoms with Crippen LogP contribution in [0.1, 0.15) is 42.7 Å². The highest BCUT2D eigenvalue weighted by atomic mass is 16.2. The van der Waals surface area contributed by atoms with Crippen LogP contribution in [-0.2, 0) is 9.59 Å². The molecule has 1 heterocycles. The van der Waals surface area contributed by atoms with Gasteiger partial charge in [0.2, 0.25) is 11.8 Å². The Balaban J connectivity index is 1.70. The second kappa shape index (κ2) is 7.23. The van der Waals surface area contributed by atoms with Crippen LogP contribution in [0.15, 0.2) is 60.7 Å². The molecule has 0 unspecified atom stereocenters. The number of hydrogen-bond donors (Lipinski definition) is 0. The summed E-state index contributed by atoms with van der Waals surface area (Å²) < 4.78 is 0. The molecule has 1 fully saturated rings. The molecule has 1 aliphatic rings. The number of carbonyl (C=O) groups is 2. The molecule has 3 heteroatoms. The van der Waals surface area contributed by atoms with Crippen LogP contribution in [-0.4, -0.2) is 23.3 Å². The van der Waals surface area contributed by atoms with Crippen molar-refractivity contribution in [3.8, 4) is 0 Å². The van der Waals surface area contributed by atoms with Crippen molar-refractivity contribution < 1.29 is 9.59 Å². The quantitative estimate of drug-likeness (QED) is 0.762. The van der Waals surface area contributed by atoms with Crippen LogP contribution in [0.4, 0.5) is 0 Å². The maximum Gasteiger partial charge on any atom is 0.229 e. The summed E-state index contributed by atoms with van der Waals surface area (Å²) in [4.78, 5) is 24.8. The number of imide groups is 1. The van der Waals surface area contributed by atoms with Crippen molar-refractivity contribution in [2.24, 2.45) is 0 Å². The summed E-state index contributed by atoms with van der Waals surface area (Å²) in [5, 5.41) is 0. The minimum Gasteiger partial charge on any atom is -0.283 e. The monoisotopic (exact) mass is 307 g/mol. The maximum atomic E-state index is 11.7. The second-order valence-corrected chi connectivity index (χ2v) is 5.96. The van der Waals surface area contributed by atoms with Gasteiger partial charge in [-0.3, -0.25) is 14.5 Å². The average molecular weight is 307 g/mol. The molecule has 0 N–H and O–H groups in total. The van der Waals surface area contributed by atoms with Gasteiger partial charge in [-0.1, -0.05) is 60.7 Å². The predicted molar refractivity (Wildman–Crippen MR) is 89.9 cm³/mol. The Bertz CT molecular complexity index is 611. The Morgan fingerprint density at radius 2 is 1.26 bits per heavy atom. The largest absolute Gasteiger partial charge is 0.283 e. The lowest BCUT2D eigenvalue weighted by molar-refractivity contribution is -0.138. The summed E-state index contributed by atoms with van der Waals surface area (Å²) in [6.45, 7) is 0.536. The molecule has 0 aromatic heterocycles. The van der Waals surface area contributed by atoms with Gasteiger partial charge in [0.25, 0.3) is 0 Å². The summed E-state index contributed by atoms with van der Waals surface area (Å²) in [7, 11) is 0. The van der Waals surface area contributed by atoms with E-state index in [1.54, 1.807) is 0 Å². The molecule has 0 bridgehead atoms. The summed E-state index contributed by atoms with van der Waals surface area (Å²) >= 11 is 0. The van der Waals surface area contributed by atoms with Crippen LogP contribution in [0.25, 0.3) is 0 Å². The number of hydrogen-bond acceptors (Lipinski definition) is 2. The van der Waals surface area contributed by atoms with Gasteiger partial charge < -0.3 is 0 Å². The third kappa shape index (κ3) is 3.67. The van der Waals surface area contributed by atoms with E-state index < -0.39 is 0 Å². The lowest BCUT2D eigenvalue weighted by Crippen LogP contribution is -2.30. The van der Waals surface area contributed by atoms with E-state index in [1.807, 2.05) is 12.1 Å². The normalized spacial score (nSPS) is 14.7. The second-order valence-electron chi connectivity index (χ2n) is 5.96. The molecule has 3 nitrogen and oxygen atoms in total. The van der Waals surface area contributed by atoms with E-state index in [2.05, 4.69) is 48.5 Å². The Morgan fingerprint density at radius 1 is 0.783 bits per heavy atom. The van der Waals surface area contributed by atoms with Crippen LogP contribution in [0.3, 0.4) is 0 Å². The van der Waals surface area contributed by atoms with Crippen molar-refractivity contribution in [2.75, 3.05) is 6.54 Å². The van der Waals surface area contributed by atoms with Crippen molar-refractivity contribution in [2.45, 2.75) is 31.6 Å². The third-order valence-corrected chi connectivity index (χ3v) is 4.43. The van der Waals surface area contributed by atoms with Gasteiger partial charge in [-0.2, -0.15) is 0 Å². The van der Waals surface area contributed by atoms with E-state index in [0.717, 1.165) is 12.8 Å². The van der Waals surface area contributed by atoms with Gasteiger partial charge in [-0.05, 0) is 24.0 Å². The molecule has 1 aliphatic heterocycles. The maximum absolute atomic E-state index is 11.7. The first-order chi connectivity index (χ1) is 11.3. The van der Waals surface area contributed by atoms with Gasteiger partial charge in [0.05, 0.1) is 0 Å². The van der Waals surface area contributed by atoms with Gasteiger partial charge in [0.15, 0.2) is 0 Å². The molecule has 3 rings (SSSR count). The zero-order valence-corrected chi connectivity index (χ0v) is 13.2. The summed E-state index contributed by atoms with van der Waals surface area (Å²) in [6, 6.07) is 20.8. The fourth-order valence-corrected chi connectivity index (χ4v) is 3.22. The Morgan fingerprint density at radius 3 is 1.74 bits per heavy atom. The number of carbonyl (C=O) groups excluding carboxylic acids is 2. The minimum absolute atomic E-state index is 0.0222. The van der Waals surface area contributed by atoms with E-state index in [1.165, 1.54) is 16.0 Å². The highest BCUT2D eigenvalue weighted by Gasteiger charge is 2.28. The molecule has 23 heavy (non-hydrogen) atoms. The smallest absolute Gasteiger partial charge is 0.229 e. The van der Waals surface area contributed by atoms with E-state index in [0.29, 0.717) is 25.3 Å². The van der Waals surface area contributed by atoms with Crippen LogP contribution < -0.4 is 0 Å². The molecule has 1 saturated heterocycles. The van der Waals surface area contributed by atoms with Crippen LogP contribution in [0.2, 0.25) is 0 Å². The molecule has 0 saturated carbocycles. The van der Waals surface area contributed by atoms with Gasteiger partial charge in [0.1, 0.15) is 0 Å². The van der Waals surface area contributed by atoms with Gasteiger partial charge >= 0.3 is 0 Å². The molecular formula is C20H21NO2. The number of amides is 2. The first-order valence-corrected chi connectivity index (χ1v) is 8.19. The average Bonchev–Trinajstić information content (AvgIpc) is 2.92. The summed E-state index contributed by atoms with van der Waals surface area (Å²) in [5.41, 5.74) is 2.55. The number of rotatable bonds is 6. The Labute approximate surface area is 136 Å². The Hall–Kier alpha value is -2.42. The minimum atomic E-state index is -0.0222. The fourth-order valence-electron chi connectivity index (χ4n) is 3.22. The Kier molecular flexibility index (Phi) is 4.86. The lowest BCUT2D eigenvalue weighted by Gasteiger charge is -2.20. The highest BCUT2D eigenvalue weighted by Crippen LogP contribution is 2.29. The molecule has 0 atom stereocenters. The van der Waals surface area contributed by atoms with E-state index in [9.17, 15) is 9.59 Å². The molecule has 2 aromatic carbocycles. The molecule has 0 spiro atoms. The predicted octanol–water partition coefficient (Wildman–Crippen LogP) is 3.75. The van der Waals surface area contributed by atoms with Crippen molar-refractivity contribution in [3.05, 3.63) is 71.8 Å². The standard InChI is InChI=1S/C20H21NO2/c22-19-13-14-20(23)21(19)15-7-12-18(16-8-3-1-4-9-16)17-10-5-2-6-11-17/h1-6,8-11,18H,7,12-15H2. The number of nitrogens with zero attached hydrogens (tertiary/aromatic N) is 1. The van der Waals surface area contributed by atoms with Crippen LogP contribution in [0, 0.1) is 0 Å². The zero-order valence-electron chi connectivity index (χ0n) is 13.2. The van der Waals surface area contributed by atoms with Crippen LogP contribution in [0.5, 0.6) is 0 Å². The van der Waals surface area contributed by atoms with Crippen LogP contribution >= 0.6 is 0 Å². The summed E-state index contributed by atoms with van der Waals surface area (Å²) in [6.07, 6.45) is 2.50. The van der Waals surface area contributed by atoms with Gasteiger partial charge in [-0.25, -0.2) is 0 Å². The lowest BCUT2D eigenvalue weighted by atomic mass is 9.87. The van der Waals surface area contributed by atoms with Crippen molar-refractivity contribution >= 4 is 11.8 Å². The topological polar surface area (TPSA) is 37.4 Å². The molecule has 0 radical (unpaired) electrons. The first-order valence-electron chi connectivity index (χ1n) is 8.19. The van der Waals surface area contributed by atoms with Gasteiger partial charge in [0, 0.05) is 25.3 Å². The number of benzene rings is 2. The van der Waals surface area contributed by atoms with Crippen molar-refractivity contribution in [1.29, 1.82) is 0 Å². The first kappa shape index (κ1) is 15.5. The highest BCUT2D eigenvalue weighted by molar-refractivity contribution is 6.01. The molecule has 0 aliphatic carbocycles. The fraction of sp³-hybridized carbons (Fsp3) is 0.300. The van der Waals surface area contributed by atoms with Gasteiger partial charge in [-0.15, -0.1) is 0 Å². The van der Waals surface area contributed by atoms with Crippen molar-refractivity contribution in [1.82, 2.24) is 4.90 Å². The third-order valence-electron chi connectivity index (χ3n) is 4.43. The summed E-state index contributed by atoms with van der Waals surface area (Å²) in [5.74, 6) is 0.252. The van der Waals surface area contributed by atoms with Crippen molar-refractivity contribution in [3.63, 3.8) is 0 Å². The molecule has 2 aromatic rings. The number of likely N-dealkylation sites (tertiary alicyclic amines) is 1. The zero-order chi connectivity index (χ0) is 16.1. The molecule has 2 amide bonds. The van der Waals surface area contributed by atoms with E-state index >= 15 is 0 Å². The molecule has 118 valence electrons.